The molecule has 82 valence electrons. The third kappa shape index (κ3) is 3.17. The fraction of sp³-hybridized carbons (Fsp3) is 0.333. The Bertz CT molecular complexity index is 357. The molecule has 0 fully saturated rings. The van der Waals surface area contributed by atoms with Crippen molar-refractivity contribution in [2.75, 3.05) is 18.5 Å². The minimum absolute atomic E-state index is 0.0299. The standard InChI is InChI=1S/C9H11BrN2O3/c10-7-3-1-4-8(12(14)15)9(7)11-5-2-6-13/h1,3-4,11,13H,2,5-6H2. The molecule has 0 aliphatic carbocycles. The van der Waals surface area contributed by atoms with Gasteiger partial charge in [-0.2, -0.15) is 0 Å². The van der Waals surface area contributed by atoms with Crippen LogP contribution in [-0.4, -0.2) is 23.2 Å². The van der Waals surface area contributed by atoms with Gasteiger partial charge in [-0.15, -0.1) is 0 Å². The molecule has 0 atom stereocenters. The van der Waals surface area contributed by atoms with Crippen LogP contribution in [0.4, 0.5) is 11.4 Å². The third-order valence-corrected chi connectivity index (χ3v) is 2.49. The predicted molar refractivity (Wildman–Crippen MR) is 61.0 cm³/mol. The number of nitro benzene ring substituents is 1. The van der Waals surface area contributed by atoms with Gasteiger partial charge in [-0.3, -0.25) is 10.1 Å². The lowest BCUT2D eigenvalue weighted by molar-refractivity contribution is -0.384. The molecule has 1 aromatic rings. The van der Waals surface area contributed by atoms with E-state index in [-0.39, 0.29) is 12.3 Å². The summed E-state index contributed by atoms with van der Waals surface area (Å²) in [5.41, 5.74) is 0.485. The summed E-state index contributed by atoms with van der Waals surface area (Å²) >= 11 is 3.24. The Balaban J connectivity index is 2.87. The van der Waals surface area contributed by atoms with Crippen LogP contribution in [0, 0.1) is 10.1 Å². The SMILES string of the molecule is O=[N+]([O-])c1cccc(Br)c1NCCCO. The summed E-state index contributed by atoms with van der Waals surface area (Å²) in [5, 5.41) is 22.2. The van der Waals surface area contributed by atoms with Gasteiger partial charge in [-0.1, -0.05) is 6.07 Å². The fourth-order valence-electron chi connectivity index (χ4n) is 1.13. The van der Waals surface area contributed by atoms with Crippen LogP contribution in [0.25, 0.3) is 0 Å². The number of nitrogens with zero attached hydrogens (tertiary/aromatic N) is 1. The highest BCUT2D eigenvalue weighted by Crippen LogP contribution is 2.31. The number of aliphatic hydroxyl groups is 1. The van der Waals surface area contributed by atoms with E-state index < -0.39 is 4.92 Å². The molecule has 0 saturated carbocycles. The van der Waals surface area contributed by atoms with E-state index in [9.17, 15) is 10.1 Å². The highest BCUT2D eigenvalue weighted by atomic mass is 79.9. The molecule has 0 unspecified atom stereocenters. The predicted octanol–water partition coefficient (Wildman–Crippen LogP) is 2.15. The Hall–Kier alpha value is -1.14. The normalized spacial score (nSPS) is 10.0. The molecule has 5 nitrogen and oxygen atoms in total. The summed E-state index contributed by atoms with van der Waals surface area (Å²) in [5.74, 6) is 0. The van der Waals surface area contributed by atoms with Crippen LogP contribution in [0.5, 0.6) is 0 Å². The minimum Gasteiger partial charge on any atom is -0.396 e. The molecule has 0 aromatic heterocycles. The molecule has 0 heterocycles. The van der Waals surface area contributed by atoms with Crippen molar-refractivity contribution in [3.8, 4) is 0 Å². The quantitative estimate of drug-likeness (QED) is 0.490. The van der Waals surface area contributed by atoms with Gasteiger partial charge >= 0.3 is 0 Å². The lowest BCUT2D eigenvalue weighted by Crippen LogP contribution is -2.06. The Morgan fingerprint density at radius 3 is 2.87 bits per heavy atom. The number of halogens is 1. The molecule has 0 spiro atoms. The highest BCUT2D eigenvalue weighted by Gasteiger charge is 2.15. The van der Waals surface area contributed by atoms with E-state index in [0.717, 1.165) is 0 Å². The topological polar surface area (TPSA) is 75.4 Å². The molecular weight excluding hydrogens is 264 g/mol. The van der Waals surface area contributed by atoms with Crippen molar-refractivity contribution in [1.29, 1.82) is 0 Å². The fourth-order valence-corrected chi connectivity index (χ4v) is 1.63. The van der Waals surface area contributed by atoms with Crippen molar-refractivity contribution in [2.45, 2.75) is 6.42 Å². The van der Waals surface area contributed by atoms with Crippen molar-refractivity contribution in [1.82, 2.24) is 0 Å². The van der Waals surface area contributed by atoms with E-state index in [2.05, 4.69) is 21.2 Å². The van der Waals surface area contributed by atoms with E-state index >= 15 is 0 Å². The molecule has 0 bridgehead atoms. The number of aliphatic hydroxyl groups excluding tert-OH is 1. The number of hydrogen-bond acceptors (Lipinski definition) is 4. The largest absolute Gasteiger partial charge is 0.396 e. The molecule has 6 heteroatoms. The first-order valence-electron chi connectivity index (χ1n) is 4.44. The summed E-state index contributed by atoms with van der Waals surface area (Å²) in [6, 6.07) is 4.78. The lowest BCUT2D eigenvalue weighted by Gasteiger charge is -2.07. The van der Waals surface area contributed by atoms with Crippen LogP contribution >= 0.6 is 15.9 Å². The zero-order valence-corrected chi connectivity index (χ0v) is 9.53. The van der Waals surface area contributed by atoms with Gasteiger partial charge in [-0.05, 0) is 28.4 Å². The first kappa shape index (κ1) is 11.9. The van der Waals surface area contributed by atoms with E-state index in [1.54, 1.807) is 12.1 Å². The molecule has 0 aliphatic rings. The minimum atomic E-state index is -0.438. The Labute approximate surface area is 95.4 Å². The van der Waals surface area contributed by atoms with Gasteiger partial charge in [-0.25, -0.2) is 0 Å². The number of nitro groups is 1. The smallest absolute Gasteiger partial charge is 0.293 e. The molecule has 1 aromatic carbocycles. The van der Waals surface area contributed by atoms with Crippen LogP contribution in [-0.2, 0) is 0 Å². The number of nitrogens with one attached hydrogen (secondary N) is 1. The number of benzene rings is 1. The van der Waals surface area contributed by atoms with Crippen molar-refractivity contribution < 1.29 is 10.0 Å². The van der Waals surface area contributed by atoms with Gasteiger partial charge in [0, 0.05) is 23.7 Å². The van der Waals surface area contributed by atoms with Crippen LogP contribution in [0.2, 0.25) is 0 Å². The monoisotopic (exact) mass is 274 g/mol. The lowest BCUT2D eigenvalue weighted by atomic mass is 10.2. The molecule has 0 amide bonds. The van der Waals surface area contributed by atoms with E-state index in [1.165, 1.54) is 6.07 Å². The highest BCUT2D eigenvalue weighted by molar-refractivity contribution is 9.10. The van der Waals surface area contributed by atoms with Gasteiger partial charge in [0.25, 0.3) is 5.69 Å². The summed E-state index contributed by atoms with van der Waals surface area (Å²) in [6.07, 6.45) is 0.554. The number of para-hydroxylation sites is 1. The van der Waals surface area contributed by atoms with Crippen molar-refractivity contribution >= 4 is 27.3 Å². The van der Waals surface area contributed by atoms with Crippen LogP contribution in [0.3, 0.4) is 0 Å². The molecule has 2 N–H and O–H groups in total. The van der Waals surface area contributed by atoms with E-state index in [0.29, 0.717) is 23.1 Å². The molecule has 1 rings (SSSR count). The second kappa shape index (κ2) is 5.67. The molecule has 0 saturated heterocycles. The number of anilines is 1. The van der Waals surface area contributed by atoms with Crippen molar-refractivity contribution in [2.24, 2.45) is 0 Å². The van der Waals surface area contributed by atoms with Gasteiger partial charge in [0.2, 0.25) is 0 Å². The first-order valence-corrected chi connectivity index (χ1v) is 5.23. The molecule has 15 heavy (non-hydrogen) atoms. The average molecular weight is 275 g/mol. The maximum absolute atomic E-state index is 10.7. The van der Waals surface area contributed by atoms with Crippen LogP contribution < -0.4 is 5.32 Å². The second-order valence-corrected chi connectivity index (χ2v) is 3.75. The second-order valence-electron chi connectivity index (χ2n) is 2.90. The third-order valence-electron chi connectivity index (χ3n) is 1.82. The van der Waals surface area contributed by atoms with Crippen LogP contribution in [0.1, 0.15) is 6.42 Å². The zero-order chi connectivity index (χ0) is 11.3. The summed E-state index contributed by atoms with van der Waals surface area (Å²) in [6.45, 7) is 0.561. The Kier molecular flexibility index (Phi) is 4.51. The summed E-state index contributed by atoms with van der Waals surface area (Å²) in [7, 11) is 0. The molecule has 0 aliphatic heterocycles. The number of hydrogen-bond donors (Lipinski definition) is 2. The summed E-state index contributed by atoms with van der Waals surface area (Å²) in [4.78, 5) is 10.3. The first-order chi connectivity index (χ1) is 7.16. The van der Waals surface area contributed by atoms with E-state index in [1.807, 2.05) is 0 Å². The van der Waals surface area contributed by atoms with Gasteiger partial charge in [0.05, 0.1) is 4.92 Å². The van der Waals surface area contributed by atoms with Gasteiger partial charge in [0.15, 0.2) is 0 Å². The van der Waals surface area contributed by atoms with Crippen molar-refractivity contribution in [3.05, 3.63) is 32.8 Å². The Morgan fingerprint density at radius 2 is 2.27 bits per heavy atom. The van der Waals surface area contributed by atoms with E-state index in [4.69, 9.17) is 5.11 Å². The Morgan fingerprint density at radius 1 is 1.53 bits per heavy atom. The number of rotatable bonds is 5. The van der Waals surface area contributed by atoms with Gasteiger partial charge < -0.3 is 10.4 Å². The van der Waals surface area contributed by atoms with Crippen LogP contribution in [0.15, 0.2) is 22.7 Å². The van der Waals surface area contributed by atoms with Gasteiger partial charge in [0.1, 0.15) is 5.69 Å². The maximum atomic E-state index is 10.7. The molecule has 0 radical (unpaired) electrons. The summed E-state index contributed by atoms with van der Waals surface area (Å²) < 4.78 is 0.648. The van der Waals surface area contributed by atoms with Crippen molar-refractivity contribution in [3.63, 3.8) is 0 Å². The maximum Gasteiger partial charge on any atom is 0.293 e. The molecular formula is C9H11BrN2O3. The average Bonchev–Trinajstić information content (AvgIpc) is 2.20. The zero-order valence-electron chi connectivity index (χ0n) is 7.94.